The lowest BCUT2D eigenvalue weighted by molar-refractivity contribution is 0.0855. The maximum absolute atomic E-state index is 13.3. The van der Waals surface area contributed by atoms with Crippen LogP contribution in [0.5, 0.6) is 0 Å². The van der Waals surface area contributed by atoms with Crippen LogP contribution >= 0.6 is 0 Å². The summed E-state index contributed by atoms with van der Waals surface area (Å²) in [6.45, 7) is 2.17. The zero-order chi connectivity index (χ0) is 19.2. The predicted octanol–water partition coefficient (Wildman–Crippen LogP) is 4.68. The van der Waals surface area contributed by atoms with E-state index in [1.165, 1.54) is 16.4 Å². The van der Waals surface area contributed by atoms with Crippen LogP contribution in [0.15, 0.2) is 30.5 Å². The first kappa shape index (κ1) is 18.1. The van der Waals surface area contributed by atoms with Crippen molar-refractivity contribution in [2.75, 3.05) is 0 Å². The van der Waals surface area contributed by atoms with Gasteiger partial charge in [0.2, 0.25) is 0 Å². The van der Waals surface area contributed by atoms with E-state index in [4.69, 9.17) is 0 Å². The molecule has 2 aliphatic carbocycles. The second-order valence-corrected chi connectivity index (χ2v) is 7.81. The highest BCUT2D eigenvalue weighted by Gasteiger charge is 2.57. The summed E-state index contributed by atoms with van der Waals surface area (Å²) in [6.07, 6.45) is 3.74. The van der Waals surface area contributed by atoms with Gasteiger partial charge in [0.1, 0.15) is 5.69 Å². The van der Waals surface area contributed by atoms with Gasteiger partial charge in [-0.1, -0.05) is 44.0 Å². The van der Waals surface area contributed by atoms with Crippen molar-refractivity contribution in [3.63, 3.8) is 0 Å². The number of aryl methyl sites for hydroxylation is 1. The normalized spacial score (nSPS) is 25.8. The number of benzene rings is 1. The molecule has 0 saturated heterocycles. The van der Waals surface area contributed by atoms with Crippen LogP contribution in [0.3, 0.4) is 0 Å². The highest BCUT2D eigenvalue weighted by molar-refractivity contribution is 5.96. The van der Waals surface area contributed by atoms with Crippen molar-refractivity contribution < 1.29 is 13.6 Å². The Morgan fingerprint density at radius 3 is 2.93 bits per heavy atom. The minimum Gasteiger partial charge on any atom is -0.342 e. The lowest BCUT2D eigenvalue weighted by Crippen LogP contribution is -2.47. The number of unbranched alkanes of at least 4 members (excludes halogenated alkanes) is 1. The number of hydrogen-bond acceptors (Lipinski definition) is 2. The fourth-order valence-electron chi connectivity index (χ4n) is 5.25. The molecule has 0 spiro atoms. The summed E-state index contributed by atoms with van der Waals surface area (Å²) in [5, 5.41) is 6.98. The summed E-state index contributed by atoms with van der Waals surface area (Å²) in [5.74, 6) is 0.319. The van der Waals surface area contributed by atoms with Crippen LogP contribution in [0.4, 0.5) is 8.78 Å². The van der Waals surface area contributed by atoms with Gasteiger partial charge in [0.25, 0.3) is 12.3 Å². The molecule has 1 amide bonds. The van der Waals surface area contributed by atoms with Crippen molar-refractivity contribution in [1.29, 1.82) is 0 Å². The molecule has 4 nitrogen and oxygen atoms in total. The first-order chi connectivity index (χ1) is 13.0. The number of alkyl halides is 2. The summed E-state index contributed by atoms with van der Waals surface area (Å²) < 4.78 is 27.9. The van der Waals surface area contributed by atoms with E-state index in [1.54, 1.807) is 7.05 Å². The standard InChI is InChI=1S/C21H25F2N3O/c1-3-4-8-16-14-10-11-21(16,17-9-6-5-7-13(14)17)24-20(27)15-12-26(2)25-18(15)19(22)23/h5-7,9,12,14,16,19H,3-4,8,10-11H2,1-2H3,(H,24,27). The number of rotatable bonds is 6. The molecule has 0 radical (unpaired) electrons. The summed E-state index contributed by atoms with van der Waals surface area (Å²) >= 11 is 0. The molecule has 3 unspecified atom stereocenters. The molecule has 4 rings (SSSR count). The minimum atomic E-state index is -2.77. The van der Waals surface area contributed by atoms with Crippen LogP contribution in [-0.2, 0) is 12.6 Å². The summed E-state index contributed by atoms with van der Waals surface area (Å²) in [5.41, 5.74) is 1.55. The molecule has 1 aromatic heterocycles. The van der Waals surface area contributed by atoms with Gasteiger partial charge in [-0.2, -0.15) is 5.10 Å². The van der Waals surface area contributed by atoms with Crippen LogP contribution in [0.2, 0.25) is 0 Å². The fourth-order valence-corrected chi connectivity index (χ4v) is 5.25. The predicted molar refractivity (Wildman–Crippen MR) is 98.7 cm³/mol. The highest BCUT2D eigenvalue weighted by Crippen LogP contribution is 2.61. The number of aromatic nitrogens is 2. The highest BCUT2D eigenvalue weighted by atomic mass is 19.3. The van der Waals surface area contributed by atoms with Crippen molar-refractivity contribution in [1.82, 2.24) is 15.1 Å². The average Bonchev–Trinajstić information content (AvgIpc) is 3.28. The largest absolute Gasteiger partial charge is 0.342 e. The number of carbonyl (C=O) groups is 1. The van der Waals surface area contributed by atoms with E-state index in [-0.39, 0.29) is 5.56 Å². The van der Waals surface area contributed by atoms with Gasteiger partial charge >= 0.3 is 0 Å². The second-order valence-electron chi connectivity index (χ2n) is 7.81. The Hall–Kier alpha value is -2.24. The van der Waals surface area contributed by atoms with Gasteiger partial charge in [0.15, 0.2) is 0 Å². The third-order valence-corrected chi connectivity index (χ3v) is 6.32. The molecule has 1 N–H and O–H groups in total. The van der Waals surface area contributed by atoms with Crippen LogP contribution in [0, 0.1) is 5.92 Å². The summed E-state index contributed by atoms with van der Waals surface area (Å²) in [4.78, 5) is 13.1. The molecule has 0 aliphatic heterocycles. The molecular weight excluding hydrogens is 348 g/mol. The fraction of sp³-hybridized carbons (Fsp3) is 0.524. The number of halogens is 2. The van der Waals surface area contributed by atoms with Crippen LogP contribution in [0.25, 0.3) is 0 Å². The SMILES string of the molecule is CCCCC1C2CCC1(NC(=O)c1cn(C)nc1C(F)F)c1ccccc12. The smallest absolute Gasteiger partial charge is 0.282 e. The monoisotopic (exact) mass is 373 g/mol. The first-order valence-electron chi connectivity index (χ1n) is 9.71. The van der Waals surface area contributed by atoms with Gasteiger partial charge in [-0.3, -0.25) is 9.48 Å². The number of nitrogens with one attached hydrogen (secondary N) is 1. The van der Waals surface area contributed by atoms with Gasteiger partial charge in [-0.05, 0) is 42.2 Å². The van der Waals surface area contributed by atoms with Gasteiger partial charge in [0, 0.05) is 13.2 Å². The van der Waals surface area contributed by atoms with E-state index < -0.39 is 23.6 Å². The van der Waals surface area contributed by atoms with E-state index >= 15 is 0 Å². The van der Waals surface area contributed by atoms with Gasteiger partial charge in [-0.15, -0.1) is 0 Å². The van der Waals surface area contributed by atoms with Crippen molar-refractivity contribution in [3.8, 4) is 0 Å². The number of fused-ring (bicyclic) bond motifs is 5. The molecule has 27 heavy (non-hydrogen) atoms. The van der Waals surface area contributed by atoms with Crippen molar-refractivity contribution in [2.45, 2.75) is 56.9 Å². The maximum atomic E-state index is 13.3. The maximum Gasteiger partial charge on any atom is 0.282 e. The number of carbonyl (C=O) groups excluding carboxylic acids is 1. The molecule has 2 bridgehead atoms. The van der Waals surface area contributed by atoms with Crippen molar-refractivity contribution in [3.05, 3.63) is 52.8 Å². The lowest BCUT2D eigenvalue weighted by atomic mass is 9.81. The summed E-state index contributed by atoms with van der Waals surface area (Å²) in [7, 11) is 1.56. The second kappa shape index (κ2) is 6.73. The van der Waals surface area contributed by atoms with Crippen LogP contribution in [-0.4, -0.2) is 15.7 Å². The van der Waals surface area contributed by atoms with Crippen LogP contribution in [0.1, 0.15) is 78.6 Å². The third-order valence-electron chi connectivity index (χ3n) is 6.32. The summed E-state index contributed by atoms with van der Waals surface area (Å²) in [6, 6.07) is 8.28. The van der Waals surface area contributed by atoms with E-state index in [0.717, 1.165) is 37.7 Å². The Bertz CT molecular complexity index is 863. The molecule has 144 valence electrons. The minimum absolute atomic E-state index is 0.0241. The Morgan fingerprint density at radius 2 is 2.19 bits per heavy atom. The lowest BCUT2D eigenvalue weighted by Gasteiger charge is -2.34. The van der Waals surface area contributed by atoms with Crippen molar-refractivity contribution in [2.24, 2.45) is 13.0 Å². The molecular formula is C21H25F2N3O. The Morgan fingerprint density at radius 1 is 1.41 bits per heavy atom. The molecule has 2 aromatic rings. The molecule has 1 fully saturated rings. The number of amides is 1. The Labute approximate surface area is 158 Å². The molecule has 1 heterocycles. The molecule has 1 saturated carbocycles. The number of nitrogens with zero attached hydrogens (tertiary/aromatic N) is 2. The first-order valence-corrected chi connectivity index (χ1v) is 9.71. The zero-order valence-corrected chi connectivity index (χ0v) is 15.7. The zero-order valence-electron chi connectivity index (χ0n) is 15.7. The quantitative estimate of drug-likeness (QED) is 0.799. The van der Waals surface area contributed by atoms with E-state index in [0.29, 0.717) is 11.8 Å². The van der Waals surface area contributed by atoms with Gasteiger partial charge < -0.3 is 5.32 Å². The average molecular weight is 373 g/mol. The Kier molecular flexibility index (Phi) is 4.52. The topological polar surface area (TPSA) is 46.9 Å². The van der Waals surface area contributed by atoms with E-state index in [9.17, 15) is 13.6 Å². The number of hydrogen-bond donors (Lipinski definition) is 1. The molecule has 3 atom stereocenters. The Balaban J connectivity index is 1.71. The van der Waals surface area contributed by atoms with Gasteiger partial charge in [0.05, 0.1) is 11.1 Å². The van der Waals surface area contributed by atoms with E-state index in [1.807, 2.05) is 12.1 Å². The molecule has 1 aromatic carbocycles. The van der Waals surface area contributed by atoms with Crippen molar-refractivity contribution >= 4 is 5.91 Å². The molecule has 2 aliphatic rings. The van der Waals surface area contributed by atoms with E-state index in [2.05, 4.69) is 29.5 Å². The molecule has 6 heteroatoms. The third kappa shape index (κ3) is 2.77. The van der Waals surface area contributed by atoms with Crippen LogP contribution < -0.4 is 5.32 Å². The van der Waals surface area contributed by atoms with Gasteiger partial charge in [-0.25, -0.2) is 8.78 Å².